The first kappa shape index (κ1) is 15.1. The first-order valence-electron chi connectivity index (χ1n) is 6.11. The molecule has 1 aromatic rings. The molecular formula is C13H21NO3S. The average Bonchev–Trinajstić information content (AvgIpc) is 2.74. The Bertz CT molecular complexity index is 412. The second-order valence-corrected chi connectivity index (χ2v) is 6.01. The zero-order chi connectivity index (χ0) is 13.9. The second kappa shape index (κ2) is 5.80. The van der Waals surface area contributed by atoms with E-state index in [1.165, 1.54) is 11.3 Å². The van der Waals surface area contributed by atoms with Crippen LogP contribution in [-0.4, -0.2) is 22.7 Å². The van der Waals surface area contributed by atoms with Crippen molar-refractivity contribution >= 4 is 17.3 Å². The Hall–Kier alpha value is -0.940. The molecule has 0 aliphatic rings. The molecule has 4 nitrogen and oxygen atoms in total. The summed E-state index contributed by atoms with van der Waals surface area (Å²) in [5.41, 5.74) is -0.358. The third-order valence-electron chi connectivity index (χ3n) is 2.89. The topological polar surface area (TPSA) is 59.4 Å². The number of carboxylic acids is 1. The lowest BCUT2D eigenvalue weighted by molar-refractivity contribution is -0.142. The molecule has 1 rings (SSSR count). The summed E-state index contributed by atoms with van der Waals surface area (Å²) in [5, 5.41) is 11.9. The van der Waals surface area contributed by atoms with Gasteiger partial charge in [0.25, 0.3) is 0 Å². The fourth-order valence-corrected chi connectivity index (χ4v) is 2.75. The molecule has 0 aliphatic heterocycles. The third kappa shape index (κ3) is 3.09. The molecule has 0 saturated heterocycles. The van der Waals surface area contributed by atoms with Crippen molar-refractivity contribution in [3.8, 4) is 0 Å². The summed E-state index contributed by atoms with van der Waals surface area (Å²) in [6, 6.07) is 0. The van der Waals surface area contributed by atoms with Crippen molar-refractivity contribution in [2.24, 2.45) is 5.92 Å². The fourth-order valence-electron chi connectivity index (χ4n) is 1.54. The molecule has 1 N–H and O–H groups in total. The van der Waals surface area contributed by atoms with Gasteiger partial charge in [0.2, 0.25) is 0 Å². The van der Waals surface area contributed by atoms with Gasteiger partial charge >= 0.3 is 5.97 Å². The van der Waals surface area contributed by atoms with Crippen LogP contribution in [0.15, 0.2) is 5.38 Å². The van der Waals surface area contributed by atoms with Gasteiger partial charge in [-0.05, 0) is 26.7 Å². The van der Waals surface area contributed by atoms with Crippen LogP contribution in [0, 0.1) is 5.92 Å². The number of nitrogens with zero attached hydrogens (tertiary/aromatic N) is 1. The number of aromatic nitrogens is 1. The lowest BCUT2D eigenvalue weighted by atomic mass is 9.90. The third-order valence-corrected chi connectivity index (χ3v) is 3.80. The van der Waals surface area contributed by atoms with Gasteiger partial charge in [0, 0.05) is 12.0 Å². The maximum absolute atomic E-state index is 11.2. The minimum Gasteiger partial charge on any atom is -0.481 e. The standard InChI is InChI=1S/C13H21NO3S/c1-6-17-10(8(2)3)11-14-9(7-18-11)13(4,5)12(15)16/h7-8,10H,6H2,1-5H3,(H,15,16). The number of carbonyl (C=O) groups is 1. The number of thiazole rings is 1. The number of hydrogen-bond donors (Lipinski definition) is 1. The Morgan fingerprint density at radius 2 is 2.17 bits per heavy atom. The van der Waals surface area contributed by atoms with E-state index in [1.807, 2.05) is 12.3 Å². The van der Waals surface area contributed by atoms with Crippen LogP contribution in [0.2, 0.25) is 0 Å². The highest BCUT2D eigenvalue weighted by molar-refractivity contribution is 7.09. The van der Waals surface area contributed by atoms with Crippen LogP contribution in [0.25, 0.3) is 0 Å². The Labute approximate surface area is 112 Å². The summed E-state index contributed by atoms with van der Waals surface area (Å²) in [6.45, 7) is 10.1. The smallest absolute Gasteiger partial charge is 0.315 e. The highest BCUT2D eigenvalue weighted by atomic mass is 32.1. The molecule has 0 aliphatic carbocycles. The van der Waals surface area contributed by atoms with E-state index in [-0.39, 0.29) is 6.10 Å². The minimum absolute atomic E-state index is 0.0571. The molecule has 102 valence electrons. The lowest BCUT2D eigenvalue weighted by Crippen LogP contribution is -2.29. The predicted molar refractivity (Wildman–Crippen MR) is 72.0 cm³/mol. The van der Waals surface area contributed by atoms with Gasteiger partial charge in [0.1, 0.15) is 16.5 Å². The molecule has 18 heavy (non-hydrogen) atoms. The molecule has 0 saturated carbocycles. The fraction of sp³-hybridized carbons (Fsp3) is 0.692. The number of ether oxygens (including phenoxy) is 1. The Kier molecular flexibility index (Phi) is 4.87. The summed E-state index contributed by atoms with van der Waals surface area (Å²) < 4.78 is 5.68. The summed E-state index contributed by atoms with van der Waals surface area (Å²) >= 11 is 1.47. The van der Waals surface area contributed by atoms with Crippen molar-refractivity contribution in [1.82, 2.24) is 4.98 Å². The van der Waals surface area contributed by atoms with Crippen LogP contribution in [0.3, 0.4) is 0 Å². The van der Waals surface area contributed by atoms with E-state index in [0.29, 0.717) is 18.2 Å². The molecule has 1 heterocycles. The van der Waals surface area contributed by atoms with E-state index >= 15 is 0 Å². The quantitative estimate of drug-likeness (QED) is 0.863. The first-order chi connectivity index (χ1) is 8.30. The van der Waals surface area contributed by atoms with Gasteiger partial charge in [-0.15, -0.1) is 11.3 Å². The van der Waals surface area contributed by atoms with Crippen molar-refractivity contribution in [1.29, 1.82) is 0 Å². The Morgan fingerprint density at radius 3 is 2.61 bits per heavy atom. The van der Waals surface area contributed by atoms with Crippen molar-refractivity contribution in [3.05, 3.63) is 16.1 Å². The summed E-state index contributed by atoms with van der Waals surface area (Å²) in [5.74, 6) is -0.547. The van der Waals surface area contributed by atoms with Crippen LogP contribution >= 0.6 is 11.3 Å². The zero-order valence-corrected chi connectivity index (χ0v) is 12.4. The first-order valence-corrected chi connectivity index (χ1v) is 6.99. The molecule has 0 bridgehead atoms. The molecule has 0 aromatic carbocycles. The molecule has 0 spiro atoms. The van der Waals surface area contributed by atoms with Gasteiger partial charge in [-0.25, -0.2) is 4.98 Å². The van der Waals surface area contributed by atoms with Crippen LogP contribution in [-0.2, 0) is 14.9 Å². The van der Waals surface area contributed by atoms with E-state index in [9.17, 15) is 9.90 Å². The van der Waals surface area contributed by atoms with Crippen molar-refractivity contribution in [2.75, 3.05) is 6.61 Å². The summed E-state index contributed by atoms with van der Waals surface area (Å²) in [7, 11) is 0. The monoisotopic (exact) mass is 271 g/mol. The maximum Gasteiger partial charge on any atom is 0.315 e. The van der Waals surface area contributed by atoms with Gasteiger partial charge < -0.3 is 9.84 Å². The van der Waals surface area contributed by atoms with Gasteiger partial charge in [-0.2, -0.15) is 0 Å². The highest BCUT2D eigenvalue weighted by Gasteiger charge is 2.33. The summed E-state index contributed by atoms with van der Waals surface area (Å²) in [4.78, 5) is 15.6. The molecular weight excluding hydrogens is 250 g/mol. The van der Waals surface area contributed by atoms with Crippen LogP contribution in [0.4, 0.5) is 0 Å². The predicted octanol–water partition coefficient (Wildman–Crippen LogP) is 3.24. The number of rotatable bonds is 6. The molecule has 0 fully saturated rings. The van der Waals surface area contributed by atoms with Gasteiger partial charge in [-0.3, -0.25) is 4.79 Å². The van der Waals surface area contributed by atoms with Crippen molar-refractivity contribution in [3.63, 3.8) is 0 Å². The van der Waals surface area contributed by atoms with E-state index < -0.39 is 11.4 Å². The lowest BCUT2D eigenvalue weighted by Gasteiger charge is -2.19. The SMILES string of the molecule is CCOC(c1nc(C(C)(C)C(=O)O)cs1)C(C)C. The Balaban J connectivity index is 3.01. The van der Waals surface area contributed by atoms with E-state index in [1.54, 1.807) is 13.8 Å². The highest BCUT2D eigenvalue weighted by Crippen LogP contribution is 2.32. The molecule has 5 heteroatoms. The van der Waals surface area contributed by atoms with E-state index in [2.05, 4.69) is 18.8 Å². The van der Waals surface area contributed by atoms with Crippen LogP contribution < -0.4 is 0 Å². The molecule has 0 amide bonds. The number of aliphatic carboxylic acids is 1. The molecule has 1 aromatic heterocycles. The van der Waals surface area contributed by atoms with Gasteiger partial charge in [0.05, 0.1) is 5.69 Å². The van der Waals surface area contributed by atoms with Crippen LogP contribution in [0.1, 0.15) is 51.4 Å². The van der Waals surface area contributed by atoms with E-state index in [4.69, 9.17) is 4.74 Å². The molecule has 0 radical (unpaired) electrons. The minimum atomic E-state index is -0.956. The number of hydrogen-bond acceptors (Lipinski definition) is 4. The number of carboxylic acid groups (broad SMARTS) is 1. The summed E-state index contributed by atoms with van der Waals surface area (Å²) in [6.07, 6.45) is -0.0571. The zero-order valence-electron chi connectivity index (χ0n) is 11.6. The maximum atomic E-state index is 11.2. The van der Waals surface area contributed by atoms with Crippen LogP contribution in [0.5, 0.6) is 0 Å². The largest absolute Gasteiger partial charge is 0.481 e. The van der Waals surface area contributed by atoms with Crippen molar-refractivity contribution < 1.29 is 14.6 Å². The normalized spacial score (nSPS) is 13.9. The van der Waals surface area contributed by atoms with Crippen molar-refractivity contribution in [2.45, 2.75) is 46.1 Å². The second-order valence-electron chi connectivity index (χ2n) is 5.12. The average molecular weight is 271 g/mol. The molecule has 1 unspecified atom stereocenters. The Morgan fingerprint density at radius 1 is 1.56 bits per heavy atom. The molecule has 1 atom stereocenters. The van der Waals surface area contributed by atoms with Gasteiger partial charge in [0.15, 0.2) is 0 Å². The van der Waals surface area contributed by atoms with E-state index in [0.717, 1.165) is 5.01 Å². The van der Waals surface area contributed by atoms with Gasteiger partial charge in [-0.1, -0.05) is 13.8 Å².